The van der Waals surface area contributed by atoms with Gasteiger partial charge < -0.3 is 10.2 Å². The smallest absolute Gasteiger partial charge is 0.260 e. The molecule has 0 aromatic heterocycles. The zero-order chi connectivity index (χ0) is 13.6. The summed E-state index contributed by atoms with van der Waals surface area (Å²) < 4.78 is 27.3. The molecule has 1 aromatic carbocycles. The third-order valence-corrected chi connectivity index (χ3v) is 4.37. The number of carbonyl (C=O) groups excluding carboxylic acids is 1. The van der Waals surface area contributed by atoms with Crippen molar-refractivity contribution < 1.29 is 13.6 Å². The summed E-state index contributed by atoms with van der Waals surface area (Å²) in [5.41, 5.74) is -0.428. The minimum Gasteiger partial charge on any atom is -0.335 e. The number of nitrogens with one attached hydrogen (secondary N) is 1. The SMILES string of the molecule is CC1C2CNCC2CN1C(=O)c1c(F)cccc1F. The second-order valence-electron chi connectivity index (χ2n) is 5.38. The van der Waals surface area contributed by atoms with Gasteiger partial charge in [-0.2, -0.15) is 0 Å². The predicted octanol–water partition coefficient (Wildman–Crippen LogP) is 1.64. The molecule has 19 heavy (non-hydrogen) atoms. The van der Waals surface area contributed by atoms with Gasteiger partial charge in [-0.1, -0.05) is 6.07 Å². The molecule has 3 atom stereocenters. The highest BCUT2D eigenvalue weighted by molar-refractivity contribution is 5.95. The van der Waals surface area contributed by atoms with Crippen LogP contribution in [0.1, 0.15) is 17.3 Å². The van der Waals surface area contributed by atoms with E-state index in [1.54, 1.807) is 4.90 Å². The van der Waals surface area contributed by atoms with Gasteiger partial charge >= 0.3 is 0 Å². The first kappa shape index (κ1) is 12.5. The van der Waals surface area contributed by atoms with Crippen LogP contribution in [0.25, 0.3) is 0 Å². The quantitative estimate of drug-likeness (QED) is 0.838. The van der Waals surface area contributed by atoms with Crippen LogP contribution in [0.5, 0.6) is 0 Å². The predicted molar refractivity (Wildman–Crippen MR) is 66.7 cm³/mol. The molecule has 0 aliphatic carbocycles. The number of hydrogen-bond acceptors (Lipinski definition) is 2. The Hall–Kier alpha value is -1.49. The fourth-order valence-electron chi connectivity index (χ4n) is 3.28. The Labute approximate surface area is 110 Å². The second-order valence-corrected chi connectivity index (χ2v) is 5.38. The maximum Gasteiger partial charge on any atom is 0.260 e. The van der Waals surface area contributed by atoms with Crippen molar-refractivity contribution in [1.29, 1.82) is 0 Å². The zero-order valence-electron chi connectivity index (χ0n) is 10.7. The van der Waals surface area contributed by atoms with Crippen LogP contribution < -0.4 is 5.32 Å². The van der Waals surface area contributed by atoms with Crippen LogP contribution in [0.15, 0.2) is 18.2 Å². The first-order chi connectivity index (χ1) is 9.09. The van der Waals surface area contributed by atoms with Crippen LogP contribution >= 0.6 is 0 Å². The largest absolute Gasteiger partial charge is 0.335 e. The number of halogens is 2. The van der Waals surface area contributed by atoms with Crippen LogP contribution in [0, 0.1) is 23.5 Å². The molecule has 2 aliphatic heterocycles. The van der Waals surface area contributed by atoms with Crippen molar-refractivity contribution >= 4 is 5.91 Å². The first-order valence-corrected chi connectivity index (χ1v) is 6.55. The molecule has 1 N–H and O–H groups in total. The highest BCUT2D eigenvalue weighted by atomic mass is 19.1. The Kier molecular flexibility index (Phi) is 3.01. The van der Waals surface area contributed by atoms with E-state index in [0.29, 0.717) is 18.4 Å². The first-order valence-electron chi connectivity index (χ1n) is 6.55. The van der Waals surface area contributed by atoms with Gasteiger partial charge in [0, 0.05) is 25.7 Å². The van der Waals surface area contributed by atoms with Gasteiger partial charge in [-0.15, -0.1) is 0 Å². The van der Waals surface area contributed by atoms with Crippen molar-refractivity contribution in [1.82, 2.24) is 10.2 Å². The fraction of sp³-hybridized carbons (Fsp3) is 0.500. The Balaban J connectivity index is 1.89. The number of rotatable bonds is 1. The molecule has 1 aromatic rings. The molecular weight excluding hydrogens is 250 g/mol. The van der Waals surface area contributed by atoms with Crippen molar-refractivity contribution in [2.45, 2.75) is 13.0 Å². The third-order valence-electron chi connectivity index (χ3n) is 4.37. The highest BCUT2D eigenvalue weighted by Gasteiger charge is 2.44. The molecule has 2 heterocycles. The molecule has 2 aliphatic rings. The van der Waals surface area contributed by atoms with Gasteiger partial charge in [-0.05, 0) is 30.9 Å². The summed E-state index contributed by atoms with van der Waals surface area (Å²) in [6.07, 6.45) is 0. The summed E-state index contributed by atoms with van der Waals surface area (Å²) in [7, 11) is 0. The summed E-state index contributed by atoms with van der Waals surface area (Å²) in [6.45, 7) is 4.27. The lowest BCUT2D eigenvalue weighted by Gasteiger charge is -2.24. The topological polar surface area (TPSA) is 32.3 Å². The van der Waals surface area contributed by atoms with Crippen LogP contribution in [0.3, 0.4) is 0 Å². The van der Waals surface area contributed by atoms with Gasteiger partial charge in [0.25, 0.3) is 5.91 Å². The molecular formula is C14H16F2N2O. The average Bonchev–Trinajstić information content (AvgIpc) is 2.92. The molecule has 0 bridgehead atoms. The van der Waals surface area contributed by atoms with Gasteiger partial charge in [-0.3, -0.25) is 4.79 Å². The monoisotopic (exact) mass is 266 g/mol. The molecule has 2 saturated heterocycles. The van der Waals surface area contributed by atoms with Crippen LogP contribution in [0.4, 0.5) is 8.78 Å². The summed E-state index contributed by atoms with van der Waals surface area (Å²) in [5, 5.41) is 3.29. The number of amides is 1. The second kappa shape index (κ2) is 4.56. The van der Waals surface area contributed by atoms with Crippen molar-refractivity contribution in [3.63, 3.8) is 0 Å². The van der Waals surface area contributed by atoms with Gasteiger partial charge in [0.2, 0.25) is 0 Å². The molecule has 102 valence electrons. The lowest BCUT2D eigenvalue weighted by molar-refractivity contribution is 0.0718. The number of benzene rings is 1. The van der Waals surface area contributed by atoms with E-state index < -0.39 is 23.1 Å². The minimum atomic E-state index is -0.785. The van der Waals surface area contributed by atoms with E-state index >= 15 is 0 Å². The van der Waals surface area contributed by atoms with Crippen molar-refractivity contribution in [3.8, 4) is 0 Å². The zero-order valence-corrected chi connectivity index (χ0v) is 10.7. The van der Waals surface area contributed by atoms with Crippen molar-refractivity contribution in [3.05, 3.63) is 35.4 Å². The number of hydrogen-bond donors (Lipinski definition) is 1. The van der Waals surface area contributed by atoms with E-state index in [4.69, 9.17) is 0 Å². The Morgan fingerprint density at radius 2 is 2.00 bits per heavy atom. The standard InChI is InChI=1S/C14H16F2N2O/c1-8-10-6-17-5-9(10)7-18(8)14(19)13-11(15)3-2-4-12(13)16/h2-4,8-10,17H,5-7H2,1H3. The van der Waals surface area contributed by atoms with Crippen molar-refractivity contribution in [2.75, 3.05) is 19.6 Å². The van der Waals surface area contributed by atoms with E-state index in [-0.39, 0.29) is 6.04 Å². The number of fused-ring (bicyclic) bond motifs is 1. The summed E-state index contributed by atoms with van der Waals surface area (Å²) in [6, 6.07) is 3.54. The fourth-order valence-corrected chi connectivity index (χ4v) is 3.28. The average molecular weight is 266 g/mol. The van der Waals surface area contributed by atoms with E-state index in [1.807, 2.05) is 6.92 Å². The summed E-state index contributed by atoms with van der Waals surface area (Å²) in [4.78, 5) is 14.0. The lowest BCUT2D eigenvalue weighted by Crippen LogP contribution is -2.38. The van der Waals surface area contributed by atoms with E-state index in [9.17, 15) is 13.6 Å². The Bertz CT molecular complexity index is 500. The van der Waals surface area contributed by atoms with Gasteiger partial charge in [-0.25, -0.2) is 8.78 Å². The highest BCUT2D eigenvalue weighted by Crippen LogP contribution is 2.33. The van der Waals surface area contributed by atoms with E-state index in [1.165, 1.54) is 6.07 Å². The summed E-state index contributed by atoms with van der Waals surface area (Å²) in [5.74, 6) is -1.31. The van der Waals surface area contributed by atoms with Crippen molar-refractivity contribution in [2.24, 2.45) is 11.8 Å². The molecule has 3 nitrogen and oxygen atoms in total. The van der Waals surface area contributed by atoms with Gasteiger partial charge in [0.1, 0.15) is 17.2 Å². The lowest BCUT2D eigenvalue weighted by atomic mass is 9.95. The molecule has 0 spiro atoms. The molecule has 1 amide bonds. The van der Waals surface area contributed by atoms with Gasteiger partial charge in [0.15, 0.2) is 0 Å². The molecule has 5 heteroatoms. The molecule has 3 rings (SSSR count). The Morgan fingerprint density at radius 1 is 1.32 bits per heavy atom. The molecule has 3 unspecified atom stereocenters. The van der Waals surface area contributed by atoms with Crippen LogP contribution in [0.2, 0.25) is 0 Å². The maximum absolute atomic E-state index is 13.7. The number of carbonyl (C=O) groups is 1. The molecule has 0 radical (unpaired) electrons. The minimum absolute atomic E-state index is 0.0199. The van der Waals surface area contributed by atoms with E-state index in [2.05, 4.69) is 5.32 Å². The molecule has 0 saturated carbocycles. The third kappa shape index (κ3) is 1.92. The number of nitrogens with zero attached hydrogens (tertiary/aromatic N) is 1. The summed E-state index contributed by atoms with van der Waals surface area (Å²) >= 11 is 0. The van der Waals surface area contributed by atoms with E-state index in [0.717, 1.165) is 25.2 Å². The maximum atomic E-state index is 13.7. The van der Waals surface area contributed by atoms with Crippen LogP contribution in [-0.2, 0) is 0 Å². The number of likely N-dealkylation sites (tertiary alicyclic amines) is 1. The normalized spacial score (nSPS) is 29.6. The van der Waals surface area contributed by atoms with Gasteiger partial charge in [0.05, 0.1) is 0 Å². The molecule has 2 fully saturated rings. The Morgan fingerprint density at radius 3 is 2.63 bits per heavy atom. The van der Waals surface area contributed by atoms with Crippen LogP contribution in [-0.4, -0.2) is 36.5 Å².